The van der Waals surface area contributed by atoms with E-state index >= 15 is 0 Å². The minimum atomic E-state index is 0.164. The molecule has 2 aliphatic heterocycles. The van der Waals surface area contributed by atoms with E-state index in [1.165, 1.54) is 0 Å². The van der Waals surface area contributed by atoms with Gasteiger partial charge in [0.25, 0.3) is 0 Å². The predicted octanol–water partition coefficient (Wildman–Crippen LogP) is 7.81. The van der Waals surface area contributed by atoms with Crippen molar-refractivity contribution in [3.63, 3.8) is 0 Å². The highest BCUT2D eigenvalue weighted by Crippen LogP contribution is 2.27. The lowest BCUT2D eigenvalue weighted by Gasteiger charge is -2.31. The van der Waals surface area contributed by atoms with Crippen molar-refractivity contribution in [2.24, 2.45) is 11.8 Å². The molecule has 2 amide bonds. The number of fused-ring (bicyclic) bond motifs is 2. The highest BCUT2D eigenvalue weighted by molar-refractivity contribution is 6.29. The molecule has 0 unspecified atom stereocenters. The van der Waals surface area contributed by atoms with Crippen molar-refractivity contribution in [3.05, 3.63) is 96.6 Å². The number of rotatable bonds is 9. The smallest absolute Gasteiger partial charge is 0.219 e. The summed E-state index contributed by atoms with van der Waals surface area (Å²) >= 11 is 5.98. The number of nitrogens with zero attached hydrogens (tertiary/aromatic N) is 12. The van der Waals surface area contributed by atoms with Crippen molar-refractivity contribution < 1.29 is 9.59 Å². The third-order valence-electron chi connectivity index (χ3n) is 11.6. The molecule has 15 nitrogen and oxygen atoms in total. The van der Waals surface area contributed by atoms with Gasteiger partial charge in [-0.2, -0.15) is 15.3 Å². The van der Waals surface area contributed by atoms with E-state index in [4.69, 9.17) is 16.6 Å². The van der Waals surface area contributed by atoms with Crippen molar-refractivity contribution >= 4 is 57.1 Å². The van der Waals surface area contributed by atoms with Crippen molar-refractivity contribution in [2.45, 2.75) is 72.4 Å². The molecule has 2 saturated heterocycles. The molecule has 7 aromatic heterocycles. The second-order valence-electron chi connectivity index (χ2n) is 16.3. The predicted molar refractivity (Wildman–Crippen MR) is 236 cm³/mol. The Morgan fingerprint density at radius 2 is 1.18 bits per heavy atom. The molecular formula is C45H50ClN13O2. The number of carbonyl (C=O) groups excluding carboxylic acids is 2. The van der Waals surface area contributed by atoms with Gasteiger partial charge in [-0.1, -0.05) is 25.4 Å². The van der Waals surface area contributed by atoms with Gasteiger partial charge in [0.2, 0.25) is 11.8 Å². The third-order valence-corrected chi connectivity index (χ3v) is 11.8. The molecule has 0 radical (unpaired) electrons. The molecule has 2 fully saturated rings. The Kier molecular flexibility index (Phi) is 12.6. The van der Waals surface area contributed by atoms with Crippen LogP contribution in [0.5, 0.6) is 0 Å². The molecule has 0 aliphatic carbocycles. The van der Waals surface area contributed by atoms with Crippen LogP contribution in [0.25, 0.3) is 44.3 Å². The number of nitrogens with one attached hydrogen (secondary N) is 1. The van der Waals surface area contributed by atoms with Gasteiger partial charge >= 0.3 is 0 Å². The normalized spacial score (nSPS) is 15.0. The van der Waals surface area contributed by atoms with Crippen LogP contribution in [0.1, 0.15) is 64.9 Å². The molecule has 9 heterocycles. The lowest BCUT2D eigenvalue weighted by molar-refractivity contribution is -0.131. The van der Waals surface area contributed by atoms with Crippen LogP contribution in [0, 0.1) is 11.8 Å². The summed E-state index contributed by atoms with van der Waals surface area (Å²) in [4.78, 5) is 45.0. The molecule has 0 aromatic carbocycles. The number of likely N-dealkylation sites (tertiary alicyclic amines) is 2. The third kappa shape index (κ3) is 10.3. The van der Waals surface area contributed by atoms with Gasteiger partial charge in [-0.05, 0) is 91.5 Å². The van der Waals surface area contributed by atoms with Crippen molar-refractivity contribution in [1.82, 2.24) is 59.5 Å². The lowest BCUT2D eigenvalue weighted by Crippen LogP contribution is -2.38. The molecule has 0 atom stereocenters. The number of hydrogen-bond donors (Lipinski definition) is 1. The van der Waals surface area contributed by atoms with Crippen LogP contribution in [-0.2, 0) is 22.7 Å². The average molecular weight is 840 g/mol. The summed E-state index contributed by atoms with van der Waals surface area (Å²) in [7, 11) is 0. The van der Waals surface area contributed by atoms with Crippen molar-refractivity contribution in [2.75, 3.05) is 31.5 Å². The lowest BCUT2D eigenvalue weighted by atomic mass is 9.97. The molecule has 61 heavy (non-hydrogen) atoms. The number of amides is 2. The number of aromatic nitrogens is 10. The fourth-order valence-electron chi connectivity index (χ4n) is 7.88. The van der Waals surface area contributed by atoms with Crippen LogP contribution in [-0.4, -0.2) is 97.5 Å². The standard InChI is InChI=1S/C26H30N8O.C19H20ClN5O/c1-17(2)20-11-26(32-28-13-20)31-25-5-4-23-24(30-25)10-21(12-27-23)22-14-29-34(16-22)15-19-6-8-33(9-7-19)18(3)35;1-13(26)24-6-4-14(5-7-24)11-25-12-16(10-22-25)15-8-18-17(21-9-15)2-3-19(20)23-18/h4-5,10-14,16-17,19H,6-9,15H2,1-3H3,(H,30,31,32);2-3,8-10,12,14H,4-7,11H2,1H3. The quantitative estimate of drug-likeness (QED) is 0.141. The molecule has 1 N–H and O–H groups in total. The molecule has 0 spiro atoms. The first-order valence-corrected chi connectivity index (χ1v) is 21.3. The van der Waals surface area contributed by atoms with Gasteiger partial charge in [-0.3, -0.25) is 28.9 Å². The van der Waals surface area contributed by atoms with E-state index in [1.54, 1.807) is 26.1 Å². The van der Waals surface area contributed by atoms with E-state index in [2.05, 4.69) is 60.7 Å². The van der Waals surface area contributed by atoms with E-state index in [-0.39, 0.29) is 11.8 Å². The molecular weight excluding hydrogens is 790 g/mol. The van der Waals surface area contributed by atoms with Crippen molar-refractivity contribution in [1.29, 1.82) is 0 Å². The van der Waals surface area contributed by atoms with Gasteiger partial charge in [-0.15, -0.1) is 5.10 Å². The average Bonchev–Trinajstić information content (AvgIpc) is 3.94. The van der Waals surface area contributed by atoms with Crippen LogP contribution >= 0.6 is 11.6 Å². The zero-order valence-corrected chi connectivity index (χ0v) is 35.7. The molecule has 0 bridgehead atoms. The first-order chi connectivity index (χ1) is 29.5. The van der Waals surface area contributed by atoms with E-state index in [0.717, 1.165) is 115 Å². The first-order valence-electron chi connectivity index (χ1n) is 20.9. The summed E-state index contributed by atoms with van der Waals surface area (Å²) in [5, 5.41) is 21.1. The Morgan fingerprint density at radius 1 is 0.656 bits per heavy atom. The number of pyridine rings is 4. The van der Waals surface area contributed by atoms with E-state index in [0.29, 0.717) is 34.5 Å². The largest absolute Gasteiger partial charge is 0.343 e. The van der Waals surface area contributed by atoms with E-state index in [9.17, 15) is 9.59 Å². The van der Waals surface area contributed by atoms with Crippen LogP contribution in [0.3, 0.4) is 0 Å². The first kappa shape index (κ1) is 41.4. The number of halogens is 1. The maximum Gasteiger partial charge on any atom is 0.219 e. The Morgan fingerprint density at radius 3 is 1.70 bits per heavy atom. The zero-order valence-electron chi connectivity index (χ0n) is 34.9. The highest BCUT2D eigenvalue weighted by Gasteiger charge is 2.23. The van der Waals surface area contributed by atoms with Crippen molar-refractivity contribution in [3.8, 4) is 22.3 Å². The van der Waals surface area contributed by atoms with Crippen LogP contribution in [0.4, 0.5) is 11.6 Å². The topological polar surface area (TPSA) is 166 Å². The van der Waals surface area contributed by atoms with Gasteiger partial charge < -0.3 is 15.1 Å². The van der Waals surface area contributed by atoms with Gasteiger partial charge in [0, 0.05) is 100 Å². The summed E-state index contributed by atoms with van der Waals surface area (Å²) in [6.07, 6.45) is 17.4. The Bertz CT molecular complexity index is 2640. The fourth-order valence-corrected chi connectivity index (χ4v) is 8.03. The Balaban J connectivity index is 0.000000176. The molecule has 7 aromatic rings. The number of hydrogen-bond acceptors (Lipinski definition) is 11. The molecule has 2 aliphatic rings. The maximum atomic E-state index is 11.6. The minimum Gasteiger partial charge on any atom is -0.343 e. The fraction of sp³-hybridized carbons (Fsp3) is 0.378. The van der Waals surface area contributed by atoms with Gasteiger partial charge in [-0.25, -0.2) is 9.97 Å². The Hall–Kier alpha value is -6.35. The van der Waals surface area contributed by atoms with E-state index in [1.807, 2.05) is 86.5 Å². The Labute approximate surface area is 359 Å². The summed E-state index contributed by atoms with van der Waals surface area (Å²) in [5.74, 6) is 3.15. The highest BCUT2D eigenvalue weighted by atomic mass is 35.5. The monoisotopic (exact) mass is 839 g/mol. The minimum absolute atomic E-state index is 0.164. The number of anilines is 2. The van der Waals surface area contributed by atoms with Gasteiger partial charge in [0.15, 0.2) is 5.82 Å². The molecule has 9 rings (SSSR count). The summed E-state index contributed by atoms with van der Waals surface area (Å²) in [6.45, 7) is 12.6. The SMILES string of the molecule is CC(=O)N1CCC(Cn2cc(-c3cnc4ccc(Cl)nc4c3)cn2)CC1.CC(=O)N1CCC(Cn2cc(-c3cnc4ccc(Nc5cc(C(C)C)cnn5)nc4c3)cn2)CC1. The number of carbonyl (C=O) groups is 2. The molecule has 314 valence electrons. The molecule has 16 heteroatoms. The summed E-state index contributed by atoms with van der Waals surface area (Å²) in [6, 6.07) is 13.5. The van der Waals surface area contributed by atoms with Gasteiger partial charge in [0.05, 0.1) is 40.7 Å². The van der Waals surface area contributed by atoms with Crippen LogP contribution < -0.4 is 5.32 Å². The maximum absolute atomic E-state index is 11.6. The number of piperidine rings is 2. The second kappa shape index (κ2) is 18.5. The summed E-state index contributed by atoms with van der Waals surface area (Å²) < 4.78 is 3.98. The van der Waals surface area contributed by atoms with Crippen LogP contribution in [0.2, 0.25) is 5.15 Å². The summed E-state index contributed by atoms with van der Waals surface area (Å²) in [5.41, 5.74) is 8.32. The second-order valence-corrected chi connectivity index (χ2v) is 16.7. The molecule has 0 saturated carbocycles. The van der Waals surface area contributed by atoms with Gasteiger partial charge in [0.1, 0.15) is 11.0 Å². The van der Waals surface area contributed by atoms with Crippen LogP contribution in [0.15, 0.2) is 85.8 Å². The zero-order chi connectivity index (χ0) is 42.5. The van der Waals surface area contributed by atoms with E-state index < -0.39 is 0 Å².